The van der Waals surface area contributed by atoms with E-state index in [1.54, 1.807) is 13.8 Å². The fourth-order valence-electron chi connectivity index (χ4n) is 1.46. The van der Waals surface area contributed by atoms with Crippen LogP contribution in [0.2, 0.25) is 0 Å². The molecule has 0 spiro atoms. The minimum absolute atomic E-state index is 0.259. The zero-order chi connectivity index (χ0) is 15.3. The van der Waals surface area contributed by atoms with Crippen LogP contribution in [0.15, 0.2) is 12.1 Å². The number of benzene rings is 1. The number of nitrogens with one attached hydrogen (secondary N) is 2. The third-order valence-corrected chi connectivity index (χ3v) is 2.43. The van der Waals surface area contributed by atoms with Crippen molar-refractivity contribution in [3.8, 4) is 0 Å². The van der Waals surface area contributed by atoms with Gasteiger partial charge in [-0.05, 0) is 6.07 Å². The van der Waals surface area contributed by atoms with E-state index in [-0.39, 0.29) is 12.2 Å². The van der Waals surface area contributed by atoms with Crippen molar-refractivity contribution in [2.75, 3.05) is 17.2 Å². The SMILES string of the molecule is CC(C)C(=O)Nc1[c]ccc(NCC=O)c1C(F)(F)F. The van der Waals surface area contributed by atoms with Gasteiger partial charge < -0.3 is 15.4 Å². The van der Waals surface area contributed by atoms with E-state index < -0.39 is 29.3 Å². The second-order valence-electron chi connectivity index (χ2n) is 4.33. The molecule has 2 N–H and O–H groups in total. The minimum Gasteiger partial charge on any atom is -0.378 e. The van der Waals surface area contributed by atoms with Gasteiger partial charge in [0.15, 0.2) is 0 Å². The lowest BCUT2D eigenvalue weighted by Gasteiger charge is -2.18. The number of hydrogen-bond acceptors (Lipinski definition) is 3. The van der Waals surface area contributed by atoms with Gasteiger partial charge in [0.25, 0.3) is 0 Å². The predicted octanol–water partition coefficient (Wildman–Crippen LogP) is 2.71. The maximum absolute atomic E-state index is 13.1. The van der Waals surface area contributed by atoms with Gasteiger partial charge in [-0.25, -0.2) is 0 Å². The molecule has 1 radical (unpaired) electrons. The zero-order valence-electron chi connectivity index (χ0n) is 11.0. The molecule has 0 saturated heterocycles. The maximum Gasteiger partial charge on any atom is 0.420 e. The van der Waals surface area contributed by atoms with Gasteiger partial charge in [-0.3, -0.25) is 4.79 Å². The summed E-state index contributed by atoms with van der Waals surface area (Å²) in [6.45, 7) is 2.87. The summed E-state index contributed by atoms with van der Waals surface area (Å²) in [6, 6.07) is 4.76. The van der Waals surface area contributed by atoms with E-state index in [4.69, 9.17) is 0 Å². The van der Waals surface area contributed by atoms with Gasteiger partial charge >= 0.3 is 6.18 Å². The molecule has 1 amide bonds. The van der Waals surface area contributed by atoms with Crippen molar-refractivity contribution in [2.45, 2.75) is 20.0 Å². The summed E-state index contributed by atoms with van der Waals surface area (Å²) in [5.41, 5.74) is -1.77. The highest BCUT2D eigenvalue weighted by molar-refractivity contribution is 5.93. The number of amides is 1. The highest BCUT2D eigenvalue weighted by atomic mass is 19.4. The molecule has 1 rings (SSSR count). The van der Waals surface area contributed by atoms with Crippen molar-refractivity contribution >= 4 is 23.6 Å². The number of rotatable bonds is 5. The van der Waals surface area contributed by atoms with Gasteiger partial charge in [0.05, 0.1) is 12.2 Å². The van der Waals surface area contributed by atoms with Crippen LogP contribution in [0.5, 0.6) is 0 Å². The summed E-state index contributed by atoms with van der Waals surface area (Å²) in [5, 5.41) is 4.54. The first-order valence-electron chi connectivity index (χ1n) is 5.87. The van der Waals surface area contributed by atoms with E-state index in [0.717, 1.165) is 6.07 Å². The average Bonchev–Trinajstić information content (AvgIpc) is 2.34. The van der Waals surface area contributed by atoms with Gasteiger partial charge in [-0.2, -0.15) is 13.2 Å². The van der Waals surface area contributed by atoms with Crippen LogP contribution in [-0.4, -0.2) is 18.7 Å². The predicted molar refractivity (Wildman–Crippen MR) is 68.3 cm³/mol. The molecule has 1 aromatic carbocycles. The molecule has 0 aliphatic heterocycles. The number of carbonyl (C=O) groups excluding carboxylic acids is 2. The molecule has 109 valence electrons. The van der Waals surface area contributed by atoms with E-state index in [1.165, 1.54) is 6.07 Å². The highest BCUT2D eigenvalue weighted by Crippen LogP contribution is 2.39. The van der Waals surface area contributed by atoms with Crippen molar-refractivity contribution in [2.24, 2.45) is 5.92 Å². The number of alkyl halides is 3. The van der Waals surface area contributed by atoms with E-state index in [0.29, 0.717) is 6.29 Å². The van der Waals surface area contributed by atoms with E-state index >= 15 is 0 Å². The Kier molecular flexibility index (Phi) is 5.12. The summed E-state index contributed by atoms with van der Waals surface area (Å²) >= 11 is 0. The fourth-order valence-corrected chi connectivity index (χ4v) is 1.46. The molecule has 0 atom stereocenters. The van der Waals surface area contributed by atoms with Crippen LogP contribution in [0.25, 0.3) is 0 Å². The Labute approximate surface area is 114 Å². The van der Waals surface area contributed by atoms with E-state index in [1.807, 2.05) is 0 Å². The first-order chi connectivity index (χ1) is 9.27. The molecule has 4 nitrogen and oxygen atoms in total. The summed E-state index contributed by atoms with van der Waals surface area (Å²) in [5.74, 6) is -1.00. The Morgan fingerprint density at radius 3 is 2.60 bits per heavy atom. The fraction of sp³-hybridized carbons (Fsp3) is 0.385. The quantitative estimate of drug-likeness (QED) is 0.819. The van der Waals surface area contributed by atoms with Crippen LogP contribution in [-0.2, 0) is 15.8 Å². The lowest BCUT2D eigenvalue weighted by molar-refractivity contribution is -0.136. The van der Waals surface area contributed by atoms with Gasteiger partial charge in [0.2, 0.25) is 5.91 Å². The summed E-state index contributed by atoms with van der Waals surface area (Å²) < 4.78 is 39.3. The summed E-state index contributed by atoms with van der Waals surface area (Å²) in [6.07, 6.45) is -4.23. The van der Waals surface area contributed by atoms with Gasteiger partial charge in [-0.1, -0.05) is 19.9 Å². The largest absolute Gasteiger partial charge is 0.420 e. The van der Waals surface area contributed by atoms with Crippen molar-refractivity contribution in [3.63, 3.8) is 0 Å². The Morgan fingerprint density at radius 2 is 2.10 bits per heavy atom. The van der Waals surface area contributed by atoms with Gasteiger partial charge in [0.1, 0.15) is 11.8 Å². The maximum atomic E-state index is 13.1. The Morgan fingerprint density at radius 1 is 1.45 bits per heavy atom. The summed E-state index contributed by atoms with van der Waals surface area (Å²) in [7, 11) is 0. The van der Waals surface area contributed by atoms with Crippen LogP contribution in [0.4, 0.5) is 24.5 Å². The first-order valence-corrected chi connectivity index (χ1v) is 5.87. The molecule has 0 fully saturated rings. The first kappa shape index (κ1) is 16.0. The van der Waals surface area contributed by atoms with Crippen molar-refractivity contribution in [1.29, 1.82) is 0 Å². The Bertz CT molecular complexity index is 499. The van der Waals surface area contributed by atoms with Crippen LogP contribution in [0.1, 0.15) is 19.4 Å². The molecular weight excluding hydrogens is 273 g/mol. The van der Waals surface area contributed by atoms with Crippen molar-refractivity contribution in [1.82, 2.24) is 0 Å². The molecule has 0 bridgehead atoms. The van der Waals surface area contributed by atoms with Crippen molar-refractivity contribution < 1.29 is 22.8 Å². The monoisotopic (exact) mass is 287 g/mol. The Balaban J connectivity index is 3.22. The van der Waals surface area contributed by atoms with Crippen LogP contribution >= 0.6 is 0 Å². The van der Waals surface area contributed by atoms with E-state index in [9.17, 15) is 22.8 Å². The molecule has 7 heteroatoms. The molecule has 0 saturated carbocycles. The lowest BCUT2D eigenvalue weighted by atomic mass is 10.1. The van der Waals surface area contributed by atoms with E-state index in [2.05, 4.69) is 16.7 Å². The number of aldehydes is 1. The third-order valence-electron chi connectivity index (χ3n) is 2.43. The zero-order valence-corrected chi connectivity index (χ0v) is 11.0. The molecule has 0 aromatic heterocycles. The molecule has 20 heavy (non-hydrogen) atoms. The summed E-state index contributed by atoms with van der Waals surface area (Å²) in [4.78, 5) is 21.8. The number of anilines is 2. The minimum atomic E-state index is -4.68. The number of hydrogen-bond donors (Lipinski definition) is 2. The smallest absolute Gasteiger partial charge is 0.378 e. The lowest BCUT2D eigenvalue weighted by Crippen LogP contribution is -2.22. The number of halogens is 3. The topological polar surface area (TPSA) is 58.2 Å². The second-order valence-corrected chi connectivity index (χ2v) is 4.33. The van der Waals surface area contributed by atoms with Crippen molar-refractivity contribution in [3.05, 3.63) is 23.8 Å². The number of carbonyl (C=O) groups is 2. The third kappa shape index (κ3) is 3.97. The van der Waals surface area contributed by atoms with Gasteiger partial charge in [-0.15, -0.1) is 0 Å². The standard InChI is InChI=1S/C13H14F3N2O2/c1-8(2)12(20)18-10-5-3-4-9(17-6-7-19)11(10)13(14,15)16/h3-4,7-8,17H,6H2,1-2H3,(H,18,20). The van der Waals surface area contributed by atoms with Gasteiger partial charge in [0, 0.05) is 17.7 Å². The Hall–Kier alpha value is -2.05. The van der Waals surface area contributed by atoms with Crippen LogP contribution in [0.3, 0.4) is 0 Å². The highest BCUT2D eigenvalue weighted by Gasteiger charge is 2.37. The molecule has 0 aliphatic rings. The molecular formula is C13H14F3N2O2. The molecule has 1 aromatic rings. The average molecular weight is 287 g/mol. The molecule has 0 heterocycles. The van der Waals surface area contributed by atoms with Crippen LogP contribution in [0, 0.1) is 12.0 Å². The normalized spacial score (nSPS) is 11.3. The van der Waals surface area contributed by atoms with Crippen LogP contribution < -0.4 is 10.6 Å². The molecule has 0 aliphatic carbocycles. The molecule has 0 unspecified atom stereocenters. The second kappa shape index (κ2) is 6.40.